The van der Waals surface area contributed by atoms with Crippen LogP contribution in [0.4, 0.5) is 0 Å². The number of aliphatic carboxylic acids is 1. The molecule has 0 saturated heterocycles. The molecule has 1 amide bonds. The maximum Gasteiger partial charge on any atom is 0.309 e. The zero-order valence-electron chi connectivity index (χ0n) is 11.4. The Bertz CT molecular complexity index is 261. The highest BCUT2D eigenvalue weighted by molar-refractivity contribution is 5.84. The zero-order chi connectivity index (χ0) is 13.5. The van der Waals surface area contributed by atoms with Crippen LogP contribution in [-0.4, -0.2) is 23.0 Å². The second kappa shape index (κ2) is 7.30. The first-order valence-corrected chi connectivity index (χ1v) is 6.32. The van der Waals surface area contributed by atoms with Crippen LogP contribution in [0, 0.1) is 5.41 Å². The second-order valence-corrected chi connectivity index (χ2v) is 5.33. The van der Waals surface area contributed by atoms with E-state index in [0.717, 1.165) is 19.3 Å². The third-order valence-corrected chi connectivity index (χ3v) is 2.83. The summed E-state index contributed by atoms with van der Waals surface area (Å²) in [6.45, 7) is 7.23. The Morgan fingerprint density at radius 1 is 1.29 bits per heavy atom. The fraction of sp³-hybridized carbons (Fsp3) is 0.846. The summed E-state index contributed by atoms with van der Waals surface area (Å²) in [6.07, 6.45) is 4.40. The molecular formula is C13H25NO3. The lowest BCUT2D eigenvalue weighted by Gasteiger charge is -2.20. The van der Waals surface area contributed by atoms with Gasteiger partial charge < -0.3 is 10.4 Å². The van der Waals surface area contributed by atoms with Crippen LogP contribution >= 0.6 is 0 Å². The van der Waals surface area contributed by atoms with Crippen molar-refractivity contribution in [2.75, 3.05) is 0 Å². The number of hydrogen-bond acceptors (Lipinski definition) is 2. The molecule has 0 bridgehead atoms. The second-order valence-electron chi connectivity index (χ2n) is 5.33. The van der Waals surface area contributed by atoms with E-state index < -0.39 is 11.4 Å². The van der Waals surface area contributed by atoms with Crippen molar-refractivity contribution >= 4 is 11.9 Å². The molecule has 100 valence electrons. The molecule has 1 unspecified atom stereocenters. The van der Waals surface area contributed by atoms with Crippen LogP contribution in [0.5, 0.6) is 0 Å². The lowest BCUT2D eigenvalue weighted by Crippen LogP contribution is -2.37. The van der Waals surface area contributed by atoms with Gasteiger partial charge in [-0.2, -0.15) is 0 Å². The summed E-state index contributed by atoms with van der Waals surface area (Å²) in [5.41, 5.74) is -0.993. The number of rotatable bonds is 8. The molecule has 1 atom stereocenters. The molecule has 0 fully saturated rings. The summed E-state index contributed by atoms with van der Waals surface area (Å²) in [5.74, 6) is -1.12. The average molecular weight is 243 g/mol. The third-order valence-electron chi connectivity index (χ3n) is 2.83. The molecule has 0 radical (unpaired) electrons. The fourth-order valence-electron chi connectivity index (χ4n) is 1.58. The van der Waals surface area contributed by atoms with E-state index in [4.69, 9.17) is 5.11 Å². The van der Waals surface area contributed by atoms with Crippen LogP contribution in [-0.2, 0) is 9.59 Å². The van der Waals surface area contributed by atoms with Gasteiger partial charge in [0.1, 0.15) is 0 Å². The highest BCUT2D eigenvalue weighted by atomic mass is 16.4. The van der Waals surface area contributed by atoms with Crippen LogP contribution in [0.25, 0.3) is 0 Å². The zero-order valence-corrected chi connectivity index (χ0v) is 11.4. The first-order chi connectivity index (χ1) is 7.79. The topological polar surface area (TPSA) is 66.4 Å². The smallest absolute Gasteiger partial charge is 0.309 e. The summed E-state index contributed by atoms with van der Waals surface area (Å²) in [6, 6.07) is 0.124. The molecule has 0 aromatic carbocycles. The van der Waals surface area contributed by atoms with Gasteiger partial charge in [-0.25, -0.2) is 0 Å². The molecular weight excluding hydrogens is 218 g/mol. The Hall–Kier alpha value is -1.06. The molecule has 0 saturated carbocycles. The van der Waals surface area contributed by atoms with Crippen molar-refractivity contribution in [2.24, 2.45) is 5.41 Å². The van der Waals surface area contributed by atoms with Gasteiger partial charge in [0, 0.05) is 12.5 Å². The average Bonchev–Trinajstić information content (AvgIpc) is 2.16. The van der Waals surface area contributed by atoms with Gasteiger partial charge in [0.2, 0.25) is 5.91 Å². The summed E-state index contributed by atoms with van der Waals surface area (Å²) < 4.78 is 0. The van der Waals surface area contributed by atoms with Crippen molar-refractivity contribution in [1.29, 1.82) is 0 Å². The molecule has 0 heterocycles. The normalized spacial score (nSPS) is 13.2. The van der Waals surface area contributed by atoms with Gasteiger partial charge in [0.05, 0.1) is 5.41 Å². The van der Waals surface area contributed by atoms with E-state index in [-0.39, 0.29) is 18.4 Å². The van der Waals surface area contributed by atoms with E-state index in [2.05, 4.69) is 12.2 Å². The molecule has 4 heteroatoms. The molecule has 0 rings (SSSR count). The van der Waals surface area contributed by atoms with Gasteiger partial charge in [-0.05, 0) is 27.2 Å². The number of amides is 1. The van der Waals surface area contributed by atoms with Crippen LogP contribution < -0.4 is 5.32 Å². The van der Waals surface area contributed by atoms with E-state index >= 15 is 0 Å². The van der Waals surface area contributed by atoms with Gasteiger partial charge in [-0.1, -0.05) is 26.2 Å². The van der Waals surface area contributed by atoms with E-state index in [9.17, 15) is 9.59 Å². The standard InChI is InChI=1S/C13H25NO3/c1-5-6-7-8-10(2)14-11(15)9-13(3,4)12(16)17/h10H,5-9H2,1-4H3,(H,14,15)(H,16,17). The minimum absolute atomic E-state index is 0.0282. The maximum atomic E-state index is 11.6. The van der Waals surface area contributed by atoms with Gasteiger partial charge in [-0.3, -0.25) is 9.59 Å². The maximum absolute atomic E-state index is 11.6. The minimum atomic E-state index is -0.993. The Balaban J connectivity index is 3.97. The molecule has 0 aliphatic heterocycles. The lowest BCUT2D eigenvalue weighted by molar-refractivity contribution is -0.149. The third kappa shape index (κ3) is 6.97. The SMILES string of the molecule is CCCCCC(C)NC(=O)CC(C)(C)C(=O)O. The number of carboxylic acids is 1. The fourth-order valence-corrected chi connectivity index (χ4v) is 1.58. The van der Waals surface area contributed by atoms with Crippen LogP contribution in [0.1, 0.15) is 59.8 Å². The van der Waals surface area contributed by atoms with Crippen LogP contribution in [0.15, 0.2) is 0 Å². The van der Waals surface area contributed by atoms with Gasteiger partial charge in [0.25, 0.3) is 0 Å². The van der Waals surface area contributed by atoms with Crippen molar-refractivity contribution in [3.05, 3.63) is 0 Å². The van der Waals surface area contributed by atoms with E-state index in [1.807, 2.05) is 6.92 Å². The largest absolute Gasteiger partial charge is 0.481 e. The number of hydrogen-bond donors (Lipinski definition) is 2. The summed E-state index contributed by atoms with van der Waals surface area (Å²) in [4.78, 5) is 22.5. The molecule has 0 aromatic heterocycles. The summed E-state index contributed by atoms with van der Waals surface area (Å²) in [7, 11) is 0. The first kappa shape index (κ1) is 15.9. The van der Waals surface area contributed by atoms with E-state index in [0.29, 0.717) is 0 Å². The van der Waals surface area contributed by atoms with Crippen molar-refractivity contribution in [3.8, 4) is 0 Å². The summed E-state index contributed by atoms with van der Waals surface area (Å²) >= 11 is 0. The number of nitrogens with one attached hydrogen (secondary N) is 1. The molecule has 4 nitrogen and oxygen atoms in total. The van der Waals surface area contributed by atoms with Gasteiger partial charge in [0.15, 0.2) is 0 Å². The first-order valence-electron chi connectivity index (χ1n) is 6.32. The predicted molar refractivity (Wildman–Crippen MR) is 67.8 cm³/mol. The molecule has 2 N–H and O–H groups in total. The van der Waals surface area contributed by atoms with Crippen molar-refractivity contribution < 1.29 is 14.7 Å². The number of carbonyl (C=O) groups excluding carboxylic acids is 1. The van der Waals surface area contributed by atoms with E-state index in [1.54, 1.807) is 13.8 Å². The number of unbranched alkanes of at least 4 members (excludes halogenated alkanes) is 2. The monoisotopic (exact) mass is 243 g/mol. The van der Waals surface area contributed by atoms with Gasteiger partial charge >= 0.3 is 5.97 Å². The number of carboxylic acid groups (broad SMARTS) is 1. The minimum Gasteiger partial charge on any atom is -0.481 e. The Morgan fingerprint density at radius 3 is 2.35 bits per heavy atom. The van der Waals surface area contributed by atoms with E-state index in [1.165, 1.54) is 6.42 Å². The van der Waals surface area contributed by atoms with Crippen molar-refractivity contribution in [2.45, 2.75) is 65.8 Å². The quantitative estimate of drug-likeness (QED) is 0.644. The Kier molecular flexibility index (Phi) is 6.85. The Labute approximate surface area is 104 Å². The molecule has 0 spiro atoms. The van der Waals surface area contributed by atoms with Crippen LogP contribution in [0.3, 0.4) is 0 Å². The lowest BCUT2D eigenvalue weighted by atomic mass is 9.89. The molecule has 0 aliphatic carbocycles. The molecule has 0 aliphatic rings. The number of carbonyl (C=O) groups is 2. The van der Waals surface area contributed by atoms with Crippen LogP contribution in [0.2, 0.25) is 0 Å². The molecule has 17 heavy (non-hydrogen) atoms. The highest BCUT2D eigenvalue weighted by Gasteiger charge is 2.30. The highest BCUT2D eigenvalue weighted by Crippen LogP contribution is 2.20. The van der Waals surface area contributed by atoms with Crippen molar-refractivity contribution in [1.82, 2.24) is 5.32 Å². The Morgan fingerprint density at radius 2 is 1.88 bits per heavy atom. The molecule has 0 aromatic rings. The predicted octanol–water partition coefficient (Wildman–Crippen LogP) is 2.57. The van der Waals surface area contributed by atoms with Crippen molar-refractivity contribution in [3.63, 3.8) is 0 Å². The van der Waals surface area contributed by atoms with Gasteiger partial charge in [-0.15, -0.1) is 0 Å². The summed E-state index contributed by atoms with van der Waals surface area (Å²) in [5, 5.41) is 11.8.